The van der Waals surface area contributed by atoms with Gasteiger partial charge < -0.3 is 10.5 Å². The standard InChI is InChI=1S/C16H10BrN3O2/c17-20-12-8-4-2-6-10(12)14(19-22)15(20)13-9-5-1-3-7-11(9)18-16(13)21/h1-8,22H,(H,18,21)/b15-13+,19-14-. The smallest absolute Gasteiger partial charge is 0.258 e. The molecule has 0 aliphatic carbocycles. The van der Waals surface area contributed by atoms with Crippen molar-refractivity contribution >= 4 is 44.7 Å². The lowest BCUT2D eigenvalue weighted by Gasteiger charge is -2.13. The number of oxime groups is 1. The van der Waals surface area contributed by atoms with Crippen molar-refractivity contribution in [2.45, 2.75) is 0 Å². The number of benzene rings is 2. The molecular formula is C16H10BrN3O2. The lowest BCUT2D eigenvalue weighted by molar-refractivity contribution is -0.110. The zero-order valence-electron chi connectivity index (χ0n) is 11.2. The highest BCUT2D eigenvalue weighted by Crippen LogP contribution is 2.43. The van der Waals surface area contributed by atoms with Gasteiger partial charge in [-0.1, -0.05) is 41.6 Å². The summed E-state index contributed by atoms with van der Waals surface area (Å²) >= 11 is 3.48. The number of allylic oxidation sites excluding steroid dienone is 1. The summed E-state index contributed by atoms with van der Waals surface area (Å²) in [5, 5.41) is 15.7. The van der Waals surface area contributed by atoms with Crippen LogP contribution in [0, 0.1) is 0 Å². The number of halogens is 1. The molecule has 5 nitrogen and oxygen atoms in total. The summed E-state index contributed by atoms with van der Waals surface area (Å²) in [6.07, 6.45) is 0. The molecule has 22 heavy (non-hydrogen) atoms. The van der Waals surface area contributed by atoms with Gasteiger partial charge in [-0.05, 0) is 12.1 Å². The predicted octanol–water partition coefficient (Wildman–Crippen LogP) is 3.36. The van der Waals surface area contributed by atoms with Crippen LogP contribution in [0.3, 0.4) is 0 Å². The van der Waals surface area contributed by atoms with Crippen LogP contribution in [-0.4, -0.2) is 16.8 Å². The van der Waals surface area contributed by atoms with Gasteiger partial charge >= 0.3 is 0 Å². The topological polar surface area (TPSA) is 64.9 Å². The largest absolute Gasteiger partial charge is 0.410 e. The van der Waals surface area contributed by atoms with Crippen molar-refractivity contribution in [1.29, 1.82) is 0 Å². The summed E-state index contributed by atoms with van der Waals surface area (Å²) in [6.45, 7) is 0. The van der Waals surface area contributed by atoms with Crippen molar-refractivity contribution in [2.75, 3.05) is 9.24 Å². The van der Waals surface area contributed by atoms with E-state index < -0.39 is 0 Å². The van der Waals surface area contributed by atoms with E-state index >= 15 is 0 Å². The Bertz CT molecular complexity index is 873. The highest BCUT2D eigenvalue weighted by atomic mass is 79.9. The van der Waals surface area contributed by atoms with Gasteiger partial charge in [0.2, 0.25) is 0 Å². The maximum Gasteiger partial charge on any atom is 0.258 e. The molecule has 108 valence electrons. The fourth-order valence-electron chi connectivity index (χ4n) is 2.86. The zero-order valence-corrected chi connectivity index (χ0v) is 12.8. The van der Waals surface area contributed by atoms with Crippen LogP contribution >= 0.6 is 16.1 Å². The second-order valence-electron chi connectivity index (χ2n) is 4.97. The number of hydrogen-bond donors (Lipinski definition) is 2. The minimum absolute atomic E-state index is 0.213. The molecule has 0 bridgehead atoms. The van der Waals surface area contributed by atoms with Gasteiger partial charge in [0.05, 0.1) is 33.1 Å². The lowest BCUT2D eigenvalue weighted by atomic mass is 10.0. The first-order valence-corrected chi connectivity index (χ1v) is 7.36. The highest BCUT2D eigenvalue weighted by molar-refractivity contribution is 9.10. The molecule has 1 amide bonds. The number of hydrogen-bond acceptors (Lipinski definition) is 4. The van der Waals surface area contributed by atoms with Gasteiger partial charge in [-0.3, -0.25) is 8.72 Å². The minimum Gasteiger partial charge on any atom is -0.410 e. The molecule has 0 saturated carbocycles. The summed E-state index contributed by atoms with van der Waals surface area (Å²) in [7, 11) is 0. The Morgan fingerprint density at radius 1 is 1.05 bits per heavy atom. The van der Waals surface area contributed by atoms with Gasteiger partial charge in [0.15, 0.2) is 0 Å². The molecule has 6 heteroatoms. The third-order valence-electron chi connectivity index (χ3n) is 3.80. The number of nitrogens with one attached hydrogen (secondary N) is 1. The Kier molecular flexibility index (Phi) is 2.80. The molecule has 0 radical (unpaired) electrons. The fraction of sp³-hybridized carbons (Fsp3) is 0. The summed E-state index contributed by atoms with van der Waals surface area (Å²) in [5.74, 6) is -0.213. The second-order valence-corrected chi connectivity index (χ2v) is 5.68. The Labute approximate surface area is 134 Å². The van der Waals surface area contributed by atoms with E-state index in [4.69, 9.17) is 0 Å². The van der Waals surface area contributed by atoms with Gasteiger partial charge in [0.25, 0.3) is 5.91 Å². The Morgan fingerprint density at radius 2 is 1.73 bits per heavy atom. The fourth-order valence-corrected chi connectivity index (χ4v) is 3.51. The van der Waals surface area contributed by atoms with E-state index in [0.717, 1.165) is 22.5 Å². The molecule has 0 atom stereocenters. The normalized spacial score (nSPS) is 21.0. The molecule has 2 aromatic carbocycles. The number of carbonyl (C=O) groups excluding carboxylic acids is 1. The lowest BCUT2D eigenvalue weighted by Crippen LogP contribution is -2.15. The monoisotopic (exact) mass is 355 g/mol. The summed E-state index contributed by atoms with van der Waals surface area (Å²) in [5.41, 5.74) is 4.53. The SMILES string of the molecule is O=C1Nc2ccccc2/C1=C1/C(=N\O)c2ccccc2N1Br. The van der Waals surface area contributed by atoms with E-state index in [1.165, 1.54) is 0 Å². The molecule has 2 aliphatic rings. The summed E-state index contributed by atoms with van der Waals surface area (Å²) < 4.78 is 1.70. The molecule has 2 heterocycles. The number of rotatable bonds is 0. The maximum atomic E-state index is 12.4. The number of para-hydroxylation sites is 2. The minimum atomic E-state index is -0.213. The maximum absolute atomic E-state index is 12.4. The Morgan fingerprint density at radius 3 is 2.50 bits per heavy atom. The third kappa shape index (κ3) is 1.64. The van der Waals surface area contributed by atoms with Crippen molar-refractivity contribution in [1.82, 2.24) is 0 Å². The number of carbonyl (C=O) groups is 1. The highest BCUT2D eigenvalue weighted by Gasteiger charge is 2.37. The second kappa shape index (κ2) is 4.71. The molecule has 2 N–H and O–H groups in total. The van der Waals surface area contributed by atoms with E-state index in [9.17, 15) is 10.0 Å². The average molecular weight is 356 g/mol. The number of anilines is 2. The van der Waals surface area contributed by atoms with Crippen molar-refractivity contribution in [3.63, 3.8) is 0 Å². The number of fused-ring (bicyclic) bond motifs is 2. The first-order valence-electron chi connectivity index (χ1n) is 6.65. The molecule has 2 aliphatic heterocycles. The number of amides is 1. The van der Waals surface area contributed by atoms with Gasteiger partial charge in [-0.15, -0.1) is 0 Å². The quantitative estimate of drug-likeness (QED) is 0.329. The average Bonchev–Trinajstić information content (AvgIpc) is 3.01. The van der Waals surface area contributed by atoms with Crippen LogP contribution in [0.5, 0.6) is 0 Å². The molecule has 4 rings (SSSR count). The van der Waals surface area contributed by atoms with Crippen molar-refractivity contribution in [3.05, 3.63) is 65.4 Å². The van der Waals surface area contributed by atoms with Gasteiger partial charge in [-0.25, -0.2) is 0 Å². The van der Waals surface area contributed by atoms with Crippen molar-refractivity contribution in [2.24, 2.45) is 5.16 Å². The van der Waals surface area contributed by atoms with Crippen LogP contribution in [0.1, 0.15) is 11.1 Å². The van der Waals surface area contributed by atoms with E-state index in [0.29, 0.717) is 17.0 Å². The van der Waals surface area contributed by atoms with Gasteiger partial charge in [0.1, 0.15) is 5.71 Å². The third-order valence-corrected chi connectivity index (χ3v) is 4.54. The van der Waals surface area contributed by atoms with Gasteiger partial charge in [0, 0.05) is 16.8 Å². The molecule has 0 fully saturated rings. The van der Waals surface area contributed by atoms with E-state index in [-0.39, 0.29) is 5.91 Å². The van der Waals surface area contributed by atoms with Crippen molar-refractivity contribution in [3.8, 4) is 0 Å². The van der Waals surface area contributed by atoms with Crippen LogP contribution in [-0.2, 0) is 4.79 Å². The molecule has 0 aromatic heterocycles. The van der Waals surface area contributed by atoms with E-state index in [1.807, 2.05) is 48.5 Å². The summed E-state index contributed by atoms with van der Waals surface area (Å²) in [6, 6.07) is 14.9. The molecule has 0 spiro atoms. The van der Waals surface area contributed by atoms with E-state index in [2.05, 4.69) is 26.6 Å². The van der Waals surface area contributed by atoms with Gasteiger partial charge in [-0.2, -0.15) is 0 Å². The molecular weight excluding hydrogens is 346 g/mol. The Hall–Kier alpha value is -2.60. The van der Waals surface area contributed by atoms with Crippen molar-refractivity contribution < 1.29 is 10.0 Å². The first-order chi connectivity index (χ1) is 10.7. The van der Waals surface area contributed by atoms with Crippen LogP contribution in [0.4, 0.5) is 11.4 Å². The Balaban J connectivity index is 2.03. The van der Waals surface area contributed by atoms with E-state index in [1.54, 1.807) is 3.93 Å². The molecule has 0 saturated heterocycles. The van der Waals surface area contributed by atoms with Crippen LogP contribution < -0.4 is 9.24 Å². The summed E-state index contributed by atoms with van der Waals surface area (Å²) in [4.78, 5) is 12.4. The zero-order chi connectivity index (χ0) is 15.3. The molecule has 2 aromatic rings. The van der Waals surface area contributed by atoms with Crippen LogP contribution in [0.2, 0.25) is 0 Å². The number of nitrogens with zero attached hydrogens (tertiary/aromatic N) is 2. The first kappa shape index (κ1) is 13.1. The van der Waals surface area contributed by atoms with Crippen LogP contribution in [0.25, 0.3) is 5.57 Å². The predicted molar refractivity (Wildman–Crippen MR) is 88.2 cm³/mol. The van der Waals surface area contributed by atoms with Crippen LogP contribution in [0.15, 0.2) is 59.4 Å². The molecule has 0 unspecified atom stereocenters.